The number of aryl methyl sites for hydroxylation is 1. The second kappa shape index (κ2) is 7.54. The Morgan fingerprint density at radius 2 is 2.21 bits per heavy atom. The SMILES string of the molecule is Cc1cc(NC(=O)COc2ccc([N+](=O)[O-])cc2F)n(C2CCS(=O)(=O)C2)n1. The molecule has 1 aromatic carbocycles. The number of hydrogen-bond acceptors (Lipinski definition) is 7. The normalized spacial score (nSPS) is 18.0. The van der Waals surface area contributed by atoms with Crippen molar-refractivity contribution in [3.63, 3.8) is 0 Å². The number of nitrogens with zero attached hydrogens (tertiary/aromatic N) is 3. The molecule has 0 aliphatic carbocycles. The summed E-state index contributed by atoms with van der Waals surface area (Å²) < 4.78 is 43.7. The Kier molecular flexibility index (Phi) is 5.31. The van der Waals surface area contributed by atoms with E-state index in [0.29, 0.717) is 24.0 Å². The van der Waals surface area contributed by atoms with E-state index in [1.165, 1.54) is 4.68 Å². The molecule has 1 atom stereocenters. The number of anilines is 1. The van der Waals surface area contributed by atoms with E-state index in [1.807, 2.05) is 0 Å². The Morgan fingerprint density at radius 3 is 2.82 bits per heavy atom. The van der Waals surface area contributed by atoms with Crippen molar-refractivity contribution >= 4 is 27.2 Å². The topological polar surface area (TPSA) is 133 Å². The van der Waals surface area contributed by atoms with Crippen molar-refractivity contribution < 1.29 is 27.3 Å². The maximum absolute atomic E-state index is 13.8. The summed E-state index contributed by atoms with van der Waals surface area (Å²) in [6, 6.07) is 4.05. The molecule has 0 spiro atoms. The van der Waals surface area contributed by atoms with E-state index in [2.05, 4.69) is 10.4 Å². The molecule has 2 aromatic rings. The molecule has 2 heterocycles. The van der Waals surface area contributed by atoms with Crippen LogP contribution in [0.2, 0.25) is 0 Å². The van der Waals surface area contributed by atoms with Gasteiger partial charge in [-0.1, -0.05) is 0 Å². The summed E-state index contributed by atoms with van der Waals surface area (Å²) in [6.07, 6.45) is 0.400. The Balaban J connectivity index is 1.65. The van der Waals surface area contributed by atoms with E-state index >= 15 is 0 Å². The number of nitro groups is 1. The van der Waals surface area contributed by atoms with Gasteiger partial charge in [0.25, 0.3) is 11.6 Å². The number of hydrogen-bond donors (Lipinski definition) is 1. The molecule has 0 radical (unpaired) electrons. The average molecular weight is 412 g/mol. The van der Waals surface area contributed by atoms with E-state index in [-0.39, 0.29) is 23.3 Å². The van der Waals surface area contributed by atoms with Gasteiger partial charge in [0.2, 0.25) is 0 Å². The van der Waals surface area contributed by atoms with Gasteiger partial charge in [0.1, 0.15) is 5.82 Å². The molecule has 150 valence electrons. The number of carbonyl (C=O) groups is 1. The number of amides is 1. The van der Waals surface area contributed by atoms with Gasteiger partial charge >= 0.3 is 0 Å². The predicted molar refractivity (Wildman–Crippen MR) is 96.5 cm³/mol. The minimum absolute atomic E-state index is 0.0541. The van der Waals surface area contributed by atoms with Crippen molar-refractivity contribution in [2.24, 2.45) is 0 Å². The zero-order valence-electron chi connectivity index (χ0n) is 14.8. The highest BCUT2D eigenvalue weighted by atomic mass is 32.2. The molecule has 1 fully saturated rings. The molecule has 1 aliphatic heterocycles. The number of non-ortho nitro benzene ring substituents is 1. The summed E-state index contributed by atoms with van der Waals surface area (Å²) in [5.41, 5.74) is 0.169. The summed E-state index contributed by atoms with van der Waals surface area (Å²) in [7, 11) is -3.13. The molecule has 12 heteroatoms. The number of nitrogens with one attached hydrogen (secondary N) is 1. The van der Waals surface area contributed by atoms with Gasteiger partial charge in [-0.05, 0) is 19.4 Å². The summed E-state index contributed by atoms with van der Waals surface area (Å²) in [4.78, 5) is 22.0. The smallest absolute Gasteiger partial charge is 0.272 e. The Hall–Kier alpha value is -3.02. The summed E-state index contributed by atoms with van der Waals surface area (Å²) in [6.45, 7) is 1.17. The maximum atomic E-state index is 13.8. The number of benzene rings is 1. The van der Waals surface area contributed by atoms with Gasteiger partial charge in [0.15, 0.2) is 28.0 Å². The monoisotopic (exact) mass is 412 g/mol. The van der Waals surface area contributed by atoms with Crippen LogP contribution in [-0.2, 0) is 14.6 Å². The number of carbonyl (C=O) groups excluding carboxylic acids is 1. The molecule has 1 amide bonds. The van der Waals surface area contributed by atoms with Crippen molar-refractivity contribution in [3.05, 3.63) is 45.9 Å². The van der Waals surface area contributed by atoms with Gasteiger partial charge < -0.3 is 10.1 Å². The lowest BCUT2D eigenvalue weighted by Crippen LogP contribution is -2.24. The minimum Gasteiger partial charge on any atom is -0.481 e. The highest BCUT2D eigenvalue weighted by molar-refractivity contribution is 7.91. The molecular formula is C16H17FN4O6S. The first-order chi connectivity index (χ1) is 13.1. The molecule has 28 heavy (non-hydrogen) atoms. The molecule has 0 bridgehead atoms. The van der Waals surface area contributed by atoms with Gasteiger partial charge in [-0.2, -0.15) is 5.10 Å². The maximum Gasteiger partial charge on any atom is 0.272 e. The number of nitro benzene ring substituents is 1. The highest BCUT2D eigenvalue weighted by Crippen LogP contribution is 2.27. The molecule has 1 aromatic heterocycles. The molecule has 10 nitrogen and oxygen atoms in total. The molecule has 1 aliphatic rings. The number of aromatic nitrogens is 2. The van der Waals surface area contributed by atoms with Crippen LogP contribution in [0, 0.1) is 22.9 Å². The van der Waals surface area contributed by atoms with Crippen LogP contribution in [0.4, 0.5) is 15.9 Å². The number of halogens is 1. The molecule has 0 saturated carbocycles. The van der Waals surface area contributed by atoms with Crippen LogP contribution in [0.15, 0.2) is 24.3 Å². The molecule has 1 unspecified atom stereocenters. The van der Waals surface area contributed by atoms with Crippen LogP contribution < -0.4 is 10.1 Å². The van der Waals surface area contributed by atoms with Crippen LogP contribution in [-0.4, -0.2) is 47.1 Å². The van der Waals surface area contributed by atoms with Crippen LogP contribution in [0.5, 0.6) is 5.75 Å². The largest absolute Gasteiger partial charge is 0.481 e. The summed E-state index contributed by atoms with van der Waals surface area (Å²) in [5.74, 6) is -1.54. The second-order valence-corrected chi connectivity index (χ2v) is 8.61. The van der Waals surface area contributed by atoms with Gasteiger partial charge in [-0.25, -0.2) is 17.5 Å². The van der Waals surface area contributed by atoms with Crippen LogP contribution in [0.1, 0.15) is 18.2 Å². The van der Waals surface area contributed by atoms with Crippen molar-refractivity contribution in [2.75, 3.05) is 23.4 Å². The van der Waals surface area contributed by atoms with E-state index < -0.39 is 38.8 Å². The first kappa shape index (κ1) is 19.7. The van der Waals surface area contributed by atoms with E-state index in [4.69, 9.17) is 4.74 Å². The fourth-order valence-corrected chi connectivity index (χ4v) is 4.59. The van der Waals surface area contributed by atoms with Crippen LogP contribution in [0.3, 0.4) is 0 Å². The van der Waals surface area contributed by atoms with Gasteiger partial charge in [-0.3, -0.25) is 14.9 Å². The second-order valence-electron chi connectivity index (χ2n) is 6.38. The van der Waals surface area contributed by atoms with Crippen molar-refractivity contribution in [1.29, 1.82) is 0 Å². The zero-order valence-corrected chi connectivity index (χ0v) is 15.6. The number of rotatable bonds is 6. The van der Waals surface area contributed by atoms with Crippen molar-refractivity contribution in [1.82, 2.24) is 9.78 Å². The Morgan fingerprint density at radius 1 is 1.46 bits per heavy atom. The fraction of sp³-hybridized carbons (Fsp3) is 0.375. The first-order valence-corrected chi connectivity index (χ1v) is 10.1. The first-order valence-electron chi connectivity index (χ1n) is 8.28. The van der Waals surface area contributed by atoms with Gasteiger partial charge in [0.05, 0.1) is 34.2 Å². The third-order valence-electron chi connectivity index (χ3n) is 4.16. The van der Waals surface area contributed by atoms with E-state index in [1.54, 1.807) is 13.0 Å². The molecular weight excluding hydrogens is 395 g/mol. The lowest BCUT2D eigenvalue weighted by atomic mass is 10.3. The van der Waals surface area contributed by atoms with Crippen LogP contribution in [0.25, 0.3) is 0 Å². The lowest BCUT2D eigenvalue weighted by molar-refractivity contribution is -0.385. The zero-order chi connectivity index (χ0) is 20.5. The number of sulfone groups is 1. The quantitative estimate of drug-likeness (QED) is 0.563. The Bertz CT molecular complexity index is 1040. The highest BCUT2D eigenvalue weighted by Gasteiger charge is 2.31. The number of ether oxygens (including phenoxy) is 1. The third kappa shape index (κ3) is 4.44. The van der Waals surface area contributed by atoms with Crippen LogP contribution >= 0.6 is 0 Å². The van der Waals surface area contributed by atoms with E-state index in [0.717, 1.165) is 12.1 Å². The van der Waals surface area contributed by atoms with Gasteiger partial charge in [0, 0.05) is 12.1 Å². The Labute approximate surface area is 159 Å². The summed E-state index contributed by atoms with van der Waals surface area (Å²) in [5, 5.41) is 17.4. The average Bonchev–Trinajstić information content (AvgIpc) is 3.15. The fourth-order valence-electron chi connectivity index (χ4n) is 2.90. The molecule has 1 saturated heterocycles. The molecule has 3 rings (SSSR count). The minimum atomic E-state index is -3.13. The summed E-state index contributed by atoms with van der Waals surface area (Å²) >= 11 is 0. The van der Waals surface area contributed by atoms with Crippen molar-refractivity contribution in [2.45, 2.75) is 19.4 Å². The molecule has 1 N–H and O–H groups in total. The van der Waals surface area contributed by atoms with Crippen molar-refractivity contribution in [3.8, 4) is 5.75 Å². The van der Waals surface area contributed by atoms with Gasteiger partial charge in [-0.15, -0.1) is 0 Å². The lowest BCUT2D eigenvalue weighted by Gasteiger charge is -2.14. The van der Waals surface area contributed by atoms with E-state index in [9.17, 15) is 27.7 Å². The predicted octanol–water partition coefficient (Wildman–Crippen LogP) is 1.62. The third-order valence-corrected chi connectivity index (χ3v) is 5.92. The standard InChI is InChI=1S/C16H17FN4O6S/c1-10-6-15(20(19-10)12-4-5-28(25,26)9-12)18-16(22)8-27-14-3-2-11(21(23)24)7-13(14)17/h2-3,6-7,12H,4-5,8-9H2,1H3,(H,18,22).